The molecule has 9 nitrogen and oxygen atoms in total. The van der Waals surface area contributed by atoms with Gasteiger partial charge in [-0.25, -0.2) is 0 Å². The van der Waals surface area contributed by atoms with E-state index in [1.807, 2.05) is 34.4 Å². The van der Waals surface area contributed by atoms with Crippen molar-refractivity contribution < 1.29 is 34.1 Å². The van der Waals surface area contributed by atoms with Crippen LogP contribution in [0.1, 0.15) is 68.6 Å². The molecule has 3 N–H and O–H groups in total. The molecule has 204 valence electrons. The van der Waals surface area contributed by atoms with Crippen molar-refractivity contribution in [1.29, 1.82) is 0 Å². The number of benzene rings is 1. The molecule has 0 spiro atoms. The van der Waals surface area contributed by atoms with Gasteiger partial charge in [0.2, 0.25) is 11.8 Å². The lowest BCUT2D eigenvalue weighted by Crippen LogP contribution is -2.57. The Kier molecular flexibility index (Phi) is 11.2. The number of carbonyl (C=O) groups is 3. The number of nitrogens with zero attached hydrogens (tertiary/aromatic N) is 1. The minimum absolute atomic E-state index is 0.00561. The number of ether oxygens (including phenoxy) is 2. The molecule has 2 aliphatic rings. The zero-order chi connectivity index (χ0) is 26.9. The van der Waals surface area contributed by atoms with Crippen LogP contribution in [-0.4, -0.2) is 77.8 Å². The van der Waals surface area contributed by atoms with Crippen LogP contribution in [0.15, 0.2) is 23.8 Å². The molecule has 10 heteroatoms. The van der Waals surface area contributed by atoms with Crippen molar-refractivity contribution >= 4 is 40.7 Å². The van der Waals surface area contributed by atoms with E-state index in [0.717, 1.165) is 38.5 Å². The molecule has 0 unspecified atom stereocenters. The van der Waals surface area contributed by atoms with Crippen molar-refractivity contribution in [1.82, 2.24) is 10.2 Å². The van der Waals surface area contributed by atoms with E-state index in [4.69, 9.17) is 9.47 Å². The molecule has 1 saturated carbocycles. The quantitative estimate of drug-likeness (QED) is 0.240. The van der Waals surface area contributed by atoms with Gasteiger partial charge in [0.15, 0.2) is 11.5 Å². The van der Waals surface area contributed by atoms with Gasteiger partial charge in [-0.1, -0.05) is 26.2 Å². The van der Waals surface area contributed by atoms with E-state index in [2.05, 4.69) is 5.32 Å². The molecule has 1 aromatic rings. The fourth-order valence-electron chi connectivity index (χ4n) is 5.11. The highest BCUT2D eigenvalue weighted by Crippen LogP contribution is 2.38. The van der Waals surface area contributed by atoms with Gasteiger partial charge in [0.1, 0.15) is 18.5 Å². The molecule has 3 atom stereocenters. The van der Waals surface area contributed by atoms with Crippen molar-refractivity contribution in [2.45, 2.75) is 82.6 Å². The second kappa shape index (κ2) is 14.1. The van der Waals surface area contributed by atoms with E-state index in [9.17, 15) is 24.6 Å². The predicted octanol–water partition coefficient (Wildman–Crippen LogP) is 2.99. The molecule has 1 aromatic carbocycles. The number of amides is 2. The van der Waals surface area contributed by atoms with Crippen molar-refractivity contribution in [2.24, 2.45) is 0 Å². The predicted molar refractivity (Wildman–Crippen MR) is 147 cm³/mol. The summed E-state index contributed by atoms with van der Waals surface area (Å²) in [4.78, 5) is 39.5. The highest BCUT2D eigenvalue weighted by molar-refractivity contribution is 14.1. The number of unbranched alkanes of at least 4 members (excludes halogenated alkanes) is 1. The number of aldehydes is 1. The normalized spacial score (nSPS) is 21.8. The summed E-state index contributed by atoms with van der Waals surface area (Å²) in [5.74, 6) is 0.283. The average molecular weight is 629 g/mol. The minimum Gasteiger partial charge on any atom is -0.493 e. The Hall–Kier alpha value is -2.18. The smallest absolute Gasteiger partial charge is 0.247 e. The van der Waals surface area contributed by atoms with Crippen LogP contribution in [0, 0.1) is 3.57 Å². The van der Waals surface area contributed by atoms with E-state index >= 15 is 0 Å². The number of aliphatic hydroxyl groups excluding tert-OH is 2. The highest BCUT2D eigenvalue weighted by atomic mass is 127. The summed E-state index contributed by atoms with van der Waals surface area (Å²) >= 11 is 2.04. The first-order valence-electron chi connectivity index (χ1n) is 12.9. The van der Waals surface area contributed by atoms with Crippen LogP contribution >= 0.6 is 22.6 Å². The number of carbonyl (C=O) groups excluding carboxylic acids is 3. The number of methoxy groups -OCH3 is 1. The molecule has 0 aromatic heterocycles. The summed E-state index contributed by atoms with van der Waals surface area (Å²) in [7, 11) is 1.46. The molecule has 1 fully saturated rings. The van der Waals surface area contributed by atoms with Crippen LogP contribution in [-0.2, 0) is 9.59 Å². The molecule has 0 aliphatic heterocycles. The van der Waals surface area contributed by atoms with Crippen LogP contribution in [0.3, 0.4) is 0 Å². The molecule has 3 rings (SSSR count). The van der Waals surface area contributed by atoms with E-state index < -0.39 is 18.2 Å². The van der Waals surface area contributed by atoms with Gasteiger partial charge in [0.25, 0.3) is 0 Å². The first kappa shape index (κ1) is 29.4. The summed E-state index contributed by atoms with van der Waals surface area (Å²) in [6.07, 6.45) is 6.23. The van der Waals surface area contributed by atoms with Crippen LogP contribution in [0.4, 0.5) is 0 Å². The zero-order valence-electron chi connectivity index (χ0n) is 21.5. The van der Waals surface area contributed by atoms with E-state index in [1.165, 1.54) is 7.11 Å². The lowest BCUT2D eigenvalue weighted by Gasteiger charge is -2.43. The van der Waals surface area contributed by atoms with E-state index in [1.54, 1.807) is 18.2 Å². The first-order valence-corrected chi connectivity index (χ1v) is 14.0. The van der Waals surface area contributed by atoms with E-state index in [-0.39, 0.29) is 37.4 Å². The number of halogens is 1. The van der Waals surface area contributed by atoms with Gasteiger partial charge >= 0.3 is 0 Å². The second-order valence-electron chi connectivity index (χ2n) is 9.51. The zero-order valence-corrected chi connectivity index (χ0v) is 23.6. The maximum atomic E-state index is 13.4. The van der Waals surface area contributed by atoms with Crippen LogP contribution in [0.2, 0.25) is 0 Å². The van der Waals surface area contributed by atoms with E-state index in [0.29, 0.717) is 38.9 Å². The molecule has 0 radical (unpaired) electrons. The lowest BCUT2D eigenvalue weighted by atomic mass is 9.87. The van der Waals surface area contributed by atoms with Crippen molar-refractivity contribution in [3.05, 3.63) is 32.9 Å². The van der Waals surface area contributed by atoms with Crippen molar-refractivity contribution in [3.8, 4) is 11.5 Å². The van der Waals surface area contributed by atoms with Crippen LogP contribution in [0.5, 0.6) is 11.5 Å². The third-order valence-electron chi connectivity index (χ3n) is 6.96. The fourth-order valence-corrected chi connectivity index (χ4v) is 5.86. The van der Waals surface area contributed by atoms with Crippen molar-refractivity contribution in [3.63, 3.8) is 0 Å². The lowest BCUT2D eigenvalue weighted by molar-refractivity contribution is -0.142. The molecule has 37 heavy (non-hydrogen) atoms. The maximum Gasteiger partial charge on any atom is 0.247 e. The molecule has 2 aliphatic carbocycles. The van der Waals surface area contributed by atoms with Gasteiger partial charge in [-0.2, -0.15) is 0 Å². The van der Waals surface area contributed by atoms with Gasteiger partial charge in [-0.05, 0) is 60.1 Å². The van der Waals surface area contributed by atoms with Gasteiger partial charge in [0.05, 0.1) is 23.3 Å². The molecule has 0 bridgehead atoms. The Morgan fingerprint density at radius 1 is 1.27 bits per heavy atom. The van der Waals surface area contributed by atoms with Gasteiger partial charge < -0.3 is 29.9 Å². The van der Waals surface area contributed by atoms with Gasteiger partial charge in [-0.3, -0.25) is 14.4 Å². The second-order valence-corrected chi connectivity index (χ2v) is 10.7. The molecule has 0 heterocycles. The SMILES string of the molecule is CCCCC(=O)N(C1CCCC1)[C@@H]1CC(C(=O)NCCO)=C[C@H](Oc2c(I)cc(C=O)cc2OC)[C@H]1O. The summed E-state index contributed by atoms with van der Waals surface area (Å²) < 4.78 is 12.3. The maximum absolute atomic E-state index is 13.4. The summed E-state index contributed by atoms with van der Waals surface area (Å²) in [6, 6.07) is 2.56. The Labute approximate surface area is 231 Å². The van der Waals surface area contributed by atoms with Crippen LogP contribution < -0.4 is 14.8 Å². The largest absolute Gasteiger partial charge is 0.493 e. The summed E-state index contributed by atoms with van der Waals surface area (Å²) in [6.45, 7) is 1.92. The number of aliphatic hydroxyl groups is 2. The summed E-state index contributed by atoms with van der Waals surface area (Å²) in [5, 5.41) is 23.5. The summed E-state index contributed by atoms with van der Waals surface area (Å²) in [5.41, 5.74) is 0.808. The number of hydrogen-bond donors (Lipinski definition) is 3. The Balaban J connectivity index is 2.00. The van der Waals surface area contributed by atoms with Gasteiger partial charge in [0, 0.05) is 36.6 Å². The number of nitrogens with one attached hydrogen (secondary N) is 1. The Bertz CT molecular complexity index is 993. The highest BCUT2D eigenvalue weighted by Gasteiger charge is 2.43. The average Bonchev–Trinajstić information content (AvgIpc) is 3.43. The third-order valence-corrected chi connectivity index (χ3v) is 7.76. The molecule has 0 saturated heterocycles. The standard InChI is InChI=1S/C27H37IN2O7/c1-3-4-9-24(33)30(19-7-5-6-8-19)21-14-18(27(35)29-10-11-31)15-22(25(21)34)37-26-20(28)12-17(16-32)13-23(26)36-2/h12-13,15-16,19,21-22,25,31,34H,3-11,14H2,1-2H3,(H,29,35)/t21-,22+,25+/m1/s1. The first-order chi connectivity index (χ1) is 17.8. The fraction of sp³-hybridized carbons (Fsp3) is 0.593. The monoisotopic (exact) mass is 628 g/mol. The Morgan fingerprint density at radius 3 is 2.62 bits per heavy atom. The molecule has 2 amide bonds. The minimum atomic E-state index is -1.09. The topological polar surface area (TPSA) is 125 Å². The number of rotatable bonds is 12. The van der Waals surface area contributed by atoms with Gasteiger partial charge in [-0.15, -0.1) is 0 Å². The molecular weight excluding hydrogens is 591 g/mol. The van der Waals surface area contributed by atoms with Crippen molar-refractivity contribution in [2.75, 3.05) is 20.3 Å². The van der Waals surface area contributed by atoms with Crippen LogP contribution in [0.25, 0.3) is 0 Å². The molecular formula is C27H37IN2O7. The third kappa shape index (κ3) is 7.23. The Morgan fingerprint density at radius 2 is 2.00 bits per heavy atom. The number of hydrogen-bond acceptors (Lipinski definition) is 7.